The number of aryl methyl sites for hydroxylation is 3. The van der Waals surface area contributed by atoms with Gasteiger partial charge in [0.1, 0.15) is 40.4 Å². The number of hydrogen-bond acceptors (Lipinski definition) is 11. The molecule has 1 aromatic carbocycles. The molecule has 0 bridgehead atoms. The Bertz CT molecular complexity index is 2130. The van der Waals surface area contributed by atoms with Crippen LogP contribution in [0.4, 0.5) is 11.5 Å². The van der Waals surface area contributed by atoms with Crippen LogP contribution in [0.25, 0.3) is 22.1 Å². The number of para-hydroxylation sites is 1. The van der Waals surface area contributed by atoms with Crippen molar-refractivity contribution in [3.05, 3.63) is 65.4 Å². The molecule has 5 aromatic rings. The maximum atomic E-state index is 12.7. The summed E-state index contributed by atoms with van der Waals surface area (Å²) in [7, 11) is 1.87. The highest BCUT2D eigenvalue weighted by Crippen LogP contribution is 2.40. The first-order valence-corrected chi connectivity index (χ1v) is 16.0. The highest BCUT2D eigenvalue weighted by atomic mass is 16.6. The van der Waals surface area contributed by atoms with Crippen LogP contribution in [0.1, 0.15) is 36.0 Å². The summed E-state index contributed by atoms with van der Waals surface area (Å²) in [6.07, 6.45) is 3.30. The summed E-state index contributed by atoms with van der Waals surface area (Å²) in [6.45, 7) is 8.29. The third-order valence-corrected chi connectivity index (χ3v) is 9.55. The van der Waals surface area contributed by atoms with Crippen molar-refractivity contribution in [3.63, 3.8) is 0 Å². The molecule has 0 amide bonds. The molecule has 7 heterocycles. The zero-order valence-electron chi connectivity index (χ0n) is 27.1. The number of aliphatic carboxylic acids is 1. The highest BCUT2D eigenvalue weighted by Gasteiger charge is 2.50. The Labute approximate surface area is 276 Å². The van der Waals surface area contributed by atoms with Gasteiger partial charge in [-0.3, -0.25) is 4.68 Å². The lowest BCUT2D eigenvalue weighted by atomic mass is 9.90. The van der Waals surface area contributed by atoms with Crippen LogP contribution in [0.2, 0.25) is 0 Å². The average Bonchev–Trinajstić information content (AvgIpc) is 3.74. The van der Waals surface area contributed by atoms with E-state index in [0.717, 1.165) is 27.9 Å². The Morgan fingerprint density at radius 1 is 1.15 bits per heavy atom. The van der Waals surface area contributed by atoms with Gasteiger partial charge >= 0.3 is 5.97 Å². The SMILES string of the molecule is Cc1nc(N2CC(Oc3ncc(C#Cc4cn(C)nc4C)cc3N3CCOC4(COC4)[C@@H]3C)C[C@H]2C(=O)O)c2oc3ccccc3c2n1. The summed E-state index contributed by atoms with van der Waals surface area (Å²) < 4.78 is 26.3. The minimum absolute atomic E-state index is 0.0230. The van der Waals surface area contributed by atoms with Crippen molar-refractivity contribution >= 4 is 39.5 Å². The van der Waals surface area contributed by atoms with Gasteiger partial charge in [-0.1, -0.05) is 24.0 Å². The van der Waals surface area contributed by atoms with Crippen molar-refractivity contribution < 1.29 is 28.5 Å². The number of anilines is 2. The molecule has 48 heavy (non-hydrogen) atoms. The number of aromatic nitrogens is 5. The second kappa shape index (κ2) is 11.5. The first-order valence-electron chi connectivity index (χ1n) is 16.0. The molecule has 3 aliphatic heterocycles. The minimum atomic E-state index is -0.972. The van der Waals surface area contributed by atoms with Gasteiger partial charge in [0, 0.05) is 43.4 Å². The number of nitrogens with zero attached hydrogens (tertiary/aromatic N) is 7. The first kappa shape index (κ1) is 30.2. The first-order chi connectivity index (χ1) is 23.2. The predicted octanol–water partition coefficient (Wildman–Crippen LogP) is 3.63. The van der Waals surface area contributed by atoms with Crippen LogP contribution in [0, 0.1) is 25.7 Å². The standard InChI is InChI=1S/C35H35N7O6/c1-20-24(16-40(4)39-20)10-9-23-13-27(41-11-12-46-35(21(41)2)18-45-19-35)33(36-15-23)47-25-14-28(34(43)44)42(17-25)32-31-30(37-22(3)38-32)26-7-5-6-8-29(26)48-31/h5-8,13,15-16,21,25,28H,11-12,14,17-19H2,1-4H3,(H,43,44)/t21-,25?,28-/m0/s1. The van der Waals surface area contributed by atoms with E-state index < -0.39 is 23.7 Å². The number of rotatable bonds is 5. The molecule has 1 unspecified atom stereocenters. The van der Waals surface area contributed by atoms with E-state index in [2.05, 4.69) is 38.7 Å². The van der Waals surface area contributed by atoms with Gasteiger partial charge in [-0.15, -0.1) is 0 Å². The molecule has 3 atom stereocenters. The summed E-state index contributed by atoms with van der Waals surface area (Å²) in [5.74, 6) is 6.87. The van der Waals surface area contributed by atoms with Crippen molar-refractivity contribution in [1.29, 1.82) is 0 Å². The van der Waals surface area contributed by atoms with Crippen molar-refractivity contribution in [2.75, 3.05) is 42.7 Å². The van der Waals surface area contributed by atoms with Crippen LogP contribution in [0.15, 0.2) is 47.1 Å². The summed E-state index contributed by atoms with van der Waals surface area (Å²) in [5.41, 5.74) is 4.54. The molecule has 13 heteroatoms. The van der Waals surface area contributed by atoms with Crippen molar-refractivity contribution in [2.24, 2.45) is 7.05 Å². The second-order valence-electron chi connectivity index (χ2n) is 12.7. The Morgan fingerprint density at radius 2 is 1.98 bits per heavy atom. The van der Waals surface area contributed by atoms with E-state index in [1.165, 1.54) is 0 Å². The zero-order chi connectivity index (χ0) is 33.2. The molecule has 0 aliphatic carbocycles. The lowest BCUT2D eigenvalue weighted by Gasteiger charge is -2.53. The molecular formula is C35H35N7O6. The topological polar surface area (TPSA) is 141 Å². The van der Waals surface area contributed by atoms with E-state index in [4.69, 9.17) is 23.6 Å². The summed E-state index contributed by atoms with van der Waals surface area (Å²) >= 11 is 0. The van der Waals surface area contributed by atoms with E-state index in [-0.39, 0.29) is 19.0 Å². The zero-order valence-corrected chi connectivity index (χ0v) is 27.1. The van der Waals surface area contributed by atoms with Gasteiger partial charge in [-0.05, 0) is 39.0 Å². The monoisotopic (exact) mass is 649 g/mol. The third kappa shape index (κ3) is 5.08. The van der Waals surface area contributed by atoms with Gasteiger partial charge in [0.15, 0.2) is 11.4 Å². The normalized spacial score (nSPS) is 21.8. The molecule has 0 radical (unpaired) electrons. The van der Waals surface area contributed by atoms with Crippen LogP contribution in [0.3, 0.4) is 0 Å². The molecule has 3 aliphatic rings. The van der Waals surface area contributed by atoms with Crippen molar-refractivity contribution in [2.45, 2.75) is 51.0 Å². The number of morpholine rings is 1. The molecule has 246 valence electrons. The lowest BCUT2D eigenvalue weighted by Crippen LogP contribution is -2.68. The van der Waals surface area contributed by atoms with Crippen molar-refractivity contribution in [3.8, 4) is 17.7 Å². The van der Waals surface area contributed by atoms with Gasteiger partial charge in [-0.2, -0.15) is 5.10 Å². The minimum Gasteiger partial charge on any atom is -0.480 e. The molecular weight excluding hydrogens is 614 g/mol. The van der Waals surface area contributed by atoms with E-state index in [9.17, 15) is 9.90 Å². The van der Waals surface area contributed by atoms with Gasteiger partial charge in [0.25, 0.3) is 0 Å². The fourth-order valence-corrected chi connectivity index (χ4v) is 6.96. The maximum Gasteiger partial charge on any atom is 0.326 e. The smallest absolute Gasteiger partial charge is 0.326 e. The fraction of sp³-hybridized carbons (Fsp3) is 0.400. The lowest BCUT2D eigenvalue weighted by molar-refractivity contribution is -0.228. The van der Waals surface area contributed by atoms with Crippen LogP contribution >= 0.6 is 0 Å². The number of carbonyl (C=O) groups is 1. The van der Waals surface area contributed by atoms with Crippen LogP contribution in [-0.4, -0.2) is 92.5 Å². The molecule has 4 aromatic heterocycles. The fourth-order valence-electron chi connectivity index (χ4n) is 6.96. The quantitative estimate of drug-likeness (QED) is 0.278. The second-order valence-corrected chi connectivity index (χ2v) is 12.7. The van der Waals surface area contributed by atoms with Crippen LogP contribution in [-0.2, 0) is 21.3 Å². The molecule has 3 saturated heterocycles. The third-order valence-electron chi connectivity index (χ3n) is 9.55. The highest BCUT2D eigenvalue weighted by molar-refractivity contribution is 6.06. The van der Waals surface area contributed by atoms with Gasteiger partial charge in [0.05, 0.1) is 43.7 Å². The van der Waals surface area contributed by atoms with Crippen LogP contribution in [0.5, 0.6) is 5.88 Å². The Kier molecular flexibility index (Phi) is 7.23. The van der Waals surface area contributed by atoms with E-state index in [0.29, 0.717) is 60.6 Å². The van der Waals surface area contributed by atoms with E-state index in [1.807, 2.05) is 50.5 Å². The number of ether oxygens (including phenoxy) is 3. The average molecular weight is 650 g/mol. The summed E-state index contributed by atoms with van der Waals surface area (Å²) in [6, 6.07) is 8.69. The number of carboxylic acids is 1. The van der Waals surface area contributed by atoms with Crippen LogP contribution < -0.4 is 14.5 Å². The molecule has 1 spiro atoms. The molecule has 3 fully saturated rings. The van der Waals surface area contributed by atoms with Gasteiger partial charge < -0.3 is 33.5 Å². The van der Waals surface area contributed by atoms with E-state index in [1.54, 1.807) is 22.7 Å². The number of benzene rings is 1. The molecule has 0 saturated carbocycles. The largest absolute Gasteiger partial charge is 0.480 e. The molecule has 8 rings (SSSR count). The van der Waals surface area contributed by atoms with Gasteiger partial charge in [-0.25, -0.2) is 19.7 Å². The van der Waals surface area contributed by atoms with Crippen molar-refractivity contribution in [1.82, 2.24) is 24.7 Å². The number of furan rings is 1. The molecule has 13 nitrogen and oxygen atoms in total. The maximum absolute atomic E-state index is 12.7. The number of carboxylic acid groups (broad SMARTS) is 1. The predicted molar refractivity (Wildman–Crippen MR) is 176 cm³/mol. The van der Waals surface area contributed by atoms with E-state index >= 15 is 0 Å². The Hall–Kier alpha value is -5.19. The summed E-state index contributed by atoms with van der Waals surface area (Å²) in [5, 5.41) is 15.6. The molecule has 1 N–H and O–H groups in total. The number of pyridine rings is 1. The Morgan fingerprint density at radius 3 is 2.73 bits per heavy atom. The summed E-state index contributed by atoms with van der Waals surface area (Å²) in [4.78, 5) is 30.7. The number of hydrogen-bond donors (Lipinski definition) is 1. The number of fused-ring (bicyclic) bond motifs is 3. The Balaban J connectivity index is 1.15. The van der Waals surface area contributed by atoms with Gasteiger partial charge in [0.2, 0.25) is 5.88 Å².